The van der Waals surface area contributed by atoms with Gasteiger partial charge >= 0.3 is 0 Å². The Morgan fingerprint density at radius 2 is 1.45 bits per heavy atom. The van der Waals surface area contributed by atoms with Gasteiger partial charge in [-0.3, -0.25) is 0 Å². The predicted molar refractivity (Wildman–Crippen MR) is 45.5 cm³/mol. The van der Waals surface area contributed by atoms with E-state index in [0.29, 0.717) is 12.6 Å². The van der Waals surface area contributed by atoms with Crippen LogP contribution in [-0.4, -0.2) is 48.6 Å². The van der Waals surface area contributed by atoms with Gasteiger partial charge in [0, 0.05) is 18.7 Å². The molecule has 4 nitrogen and oxygen atoms in total. The average Bonchev–Trinajstić information content (AvgIpc) is 2.08. The van der Waals surface area contributed by atoms with Crippen LogP contribution in [0.1, 0.15) is 6.42 Å². The van der Waals surface area contributed by atoms with Crippen molar-refractivity contribution < 1.29 is 15.3 Å². The van der Waals surface area contributed by atoms with Crippen LogP contribution >= 0.6 is 0 Å². The molecule has 0 aliphatic carbocycles. The van der Waals surface area contributed by atoms with Gasteiger partial charge in [0.15, 0.2) is 0 Å². The first kappa shape index (κ1) is 11.1. The molecule has 0 unspecified atom stereocenters. The van der Waals surface area contributed by atoms with Crippen LogP contribution in [0.4, 0.5) is 0 Å². The Balaban J connectivity index is 3.84. The van der Waals surface area contributed by atoms with Crippen molar-refractivity contribution in [2.24, 2.45) is 5.73 Å². The van der Waals surface area contributed by atoms with E-state index in [1.54, 1.807) is 0 Å². The van der Waals surface area contributed by atoms with Gasteiger partial charge in [0.25, 0.3) is 0 Å². The van der Waals surface area contributed by atoms with E-state index in [4.69, 9.17) is 21.1 Å². The van der Waals surface area contributed by atoms with Gasteiger partial charge in [0.1, 0.15) is 8.07 Å². The maximum Gasteiger partial charge on any atom is 0.139 e. The molecule has 0 saturated carbocycles. The molecule has 0 heterocycles. The van der Waals surface area contributed by atoms with Crippen LogP contribution in [0, 0.1) is 0 Å². The molecule has 0 aliphatic rings. The monoisotopic (exact) mass is 179 g/mol. The molecule has 0 amide bonds. The Labute approximate surface area is 67.7 Å². The molecular formula is C6H17NO3Si. The summed E-state index contributed by atoms with van der Waals surface area (Å²) in [5, 5.41) is 26.7. The zero-order valence-electron chi connectivity index (χ0n) is 6.66. The fourth-order valence-corrected chi connectivity index (χ4v) is 2.59. The number of hydrogen-bond donors (Lipinski definition) is 4. The van der Waals surface area contributed by atoms with Crippen molar-refractivity contribution in [1.29, 1.82) is 0 Å². The third kappa shape index (κ3) is 3.30. The second-order valence-electron chi connectivity index (χ2n) is 2.87. The van der Waals surface area contributed by atoms with E-state index in [0.717, 1.165) is 6.42 Å². The lowest BCUT2D eigenvalue weighted by molar-refractivity contribution is 0.286. The minimum atomic E-state index is -2.15. The highest BCUT2D eigenvalue weighted by Gasteiger charge is 2.30. The maximum absolute atomic E-state index is 8.90. The van der Waals surface area contributed by atoms with Crippen molar-refractivity contribution in [2.45, 2.75) is 12.5 Å². The van der Waals surface area contributed by atoms with Gasteiger partial charge in [-0.05, 0) is 13.0 Å². The summed E-state index contributed by atoms with van der Waals surface area (Å²) in [7, 11) is -2.15. The molecule has 0 atom stereocenters. The second kappa shape index (κ2) is 5.67. The van der Waals surface area contributed by atoms with Crippen molar-refractivity contribution in [1.82, 2.24) is 0 Å². The van der Waals surface area contributed by atoms with Crippen LogP contribution in [-0.2, 0) is 0 Å². The van der Waals surface area contributed by atoms with E-state index in [1.807, 2.05) is 0 Å². The summed E-state index contributed by atoms with van der Waals surface area (Å²) in [6.07, 6.45) is 0.605. The van der Waals surface area contributed by atoms with Crippen molar-refractivity contribution in [2.75, 3.05) is 25.2 Å². The van der Waals surface area contributed by atoms with Gasteiger partial charge in [0.05, 0.1) is 0 Å². The summed E-state index contributed by atoms with van der Waals surface area (Å²) >= 11 is 0. The lowest BCUT2D eigenvalue weighted by Crippen LogP contribution is -2.48. The molecular weight excluding hydrogens is 162 g/mol. The molecule has 0 fully saturated rings. The molecule has 5 heteroatoms. The lowest BCUT2D eigenvalue weighted by Gasteiger charge is -2.23. The minimum Gasteiger partial charge on any atom is -0.399 e. The van der Waals surface area contributed by atoms with Crippen LogP contribution in [0.25, 0.3) is 0 Å². The summed E-state index contributed by atoms with van der Waals surface area (Å²) < 4.78 is 0. The highest BCUT2D eigenvalue weighted by atomic mass is 28.3. The summed E-state index contributed by atoms with van der Waals surface area (Å²) in [5.74, 6) is 0. The number of rotatable bonds is 6. The molecule has 0 bridgehead atoms. The van der Waals surface area contributed by atoms with Crippen LogP contribution in [0.15, 0.2) is 0 Å². The lowest BCUT2D eigenvalue weighted by atomic mass is 10.5. The number of nitrogens with two attached hydrogens (primary N) is 1. The van der Waals surface area contributed by atoms with Crippen molar-refractivity contribution in [3.63, 3.8) is 0 Å². The first-order valence-electron chi connectivity index (χ1n) is 3.77. The third-order valence-electron chi connectivity index (χ3n) is 1.92. The number of hydrogen-bond acceptors (Lipinski definition) is 4. The summed E-state index contributed by atoms with van der Waals surface area (Å²) in [5.41, 5.74) is 5.28. The quantitative estimate of drug-likeness (QED) is 0.369. The maximum atomic E-state index is 8.90. The van der Waals surface area contributed by atoms with E-state index in [-0.39, 0.29) is 18.7 Å². The van der Waals surface area contributed by atoms with Gasteiger partial charge in [-0.1, -0.05) is 6.04 Å². The SMILES string of the molecule is NCCC[Si](CO)(CO)CO. The fourth-order valence-electron chi connectivity index (χ4n) is 0.864. The minimum absolute atomic E-state index is 0.0556. The van der Waals surface area contributed by atoms with Crippen LogP contribution in [0.5, 0.6) is 0 Å². The van der Waals surface area contributed by atoms with Gasteiger partial charge in [-0.15, -0.1) is 0 Å². The zero-order valence-corrected chi connectivity index (χ0v) is 7.66. The molecule has 0 aromatic rings. The first-order valence-corrected chi connectivity index (χ1v) is 6.60. The Bertz CT molecular complexity index is 89.6. The molecule has 11 heavy (non-hydrogen) atoms. The van der Waals surface area contributed by atoms with Gasteiger partial charge in [0.2, 0.25) is 0 Å². The molecule has 5 N–H and O–H groups in total. The largest absolute Gasteiger partial charge is 0.399 e. The summed E-state index contributed by atoms with van der Waals surface area (Å²) in [6.45, 7) is 0.550. The van der Waals surface area contributed by atoms with E-state index in [2.05, 4.69) is 0 Å². The highest BCUT2D eigenvalue weighted by Crippen LogP contribution is 2.09. The Morgan fingerprint density at radius 3 is 1.73 bits per heavy atom. The number of aliphatic hydroxyl groups excluding tert-OH is 3. The van der Waals surface area contributed by atoms with E-state index < -0.39 is 8.07 Å². The van der Waals surface area contributed by atoms with Crippen LogP contribution in [0.3, 0.4) is 0 Å². The molecule has 0 saturated heterocycles. The standard InChI is InChI=1S/C6H17NO3Si/c7-2-1-3-11(4-8,5-9)6-10/h8-10H,1-7H2. The normalized spacial score (nSPS) is 12.0. The van der Waals surface area contributed by atoms with Gasteiger partial charge in [-0.25, -0.2) is 0 Å². The van der Waals surface area contributed by atoms with Crippen molar-refractivity contribution in [3.05, 3.63) is 0 Å². The Kier molecular flexibility index (Phi) is 5.70. The van der Waals surface area contributed by atoms with Crippen LogP contribution < -0.4 is 5.73 Å². The van der Waals surface area contributed by atoms with Crippen molar-refractivity contribution in [3.8, 4) is 0 Å². The first-order chi connectivity index (χ1) is 5.24. The topological polar surface area (TPSA) is 86.7 Å². The average molecular weight is 179 g/mol. The fraction of sp³-hybridized carbons (Fsp3) is 1.00. The molecule has 0 rings (SSSR count). The Morgan fingerprint density at radius 1 is 1.00 bits per heavy atom. The van der Waals surface area contributed by atoms with Crippen molar-refractivity contribution >= 4 is 8.07 Å². The second-order valence-corrected chi connectivity index (χ2v) is 7.32. The van der Waals surface area contributed by atoms with Gasteiger partial charge in [-0.2, -0.15) is 0 Å². The molecule has 0 aliphatic heterocycles. The molecule has 68 valence electrons. The smallest absolute Gasteiger partial charge is 0.139 e. The number of aliphatic hydroxyl groups is 3. The summed E-state index contributed by atoms with van der Waals surface area (Å²) in [4.78, 5) is 0. The Hall–Kier alpha value is 0.0569. The van der Waals surface area contributed by atoms with Crippen LogP contribution in [0.2, 0.25) is 6.04 Å². The van der Waals surface area contributed by atoms with E-state index in [9.17, 15) is 0 Å². The van der Waals surface area contributed by atoms with E-state index in [1.165, 1.54) is 0 Å². The molecule has 0 aromatic carbocycles. The highest BCUT2D eigenvalue weighted by molar-refractivity contribution is 6.79. The summed E-state index contributed by atoms with van der Waals surface area (Å²) in [6, 6.07) is 0.701. The zero-order chi connectivity index (χ0) is 8.74. The van der Waals surface area contributed by atoms with E-state index >= 15 is 0 Å². The predicted octanol–water partition coefficient (Wildman–Crippen LogP) is -1.62. The molecule has 0 aromatic heterocycles. The third-order valence-corrected chi connectivity index (χ3v) is 5.34. The molecule has 0 spiro atoms. The molecule has 0 radical (unpaired) electrons. The van der Waals surface area contributed by atoms with Gasteiger partial charge < -0.3 is 21.1 Å².